The number of aromatic nitrogens is 1. The van der Waals surface area contributed by atoms with Crippen molar-refractivity contribution in [3.8, 4) is 5.75 Å². The summed E-state index contributed by atoms with van der Waals surface area (Å²) in [6.07, 6.45) is 0. The number of benzene rings is 2. The lowest BCUT2D eigenvalue weighted by molar-refractivity contribution is -0.116. The maximum atomic E-state index is 13.0. The molecule has 31 heavy (non-hydrogen) atoms. The Labute approximate surface area is 186 Å². The normalized spacial score (nSPS) is 14.0. The summed E-state index contributed by atoms with van der Waals surface area (Å²) in [6, 6.07) is 8.34. The zero-order chi connectivity index (χ0) is 22.3. The van der Waals surface area contributed by atoms with Gasteiger partial charge in [0.15, 0.2) is 0 Å². The molecule has 0 radical (unpaired) electrons. The molecule has 0 aliphatic carbocycles. The van der Waals surface area contributed by atoms with Gasteiger partial charge in [0.05, 0.1) is 23.9 Å². The van der Waals surface area contributed by atoms with Crippen molar-refractivity contribution in [2.45, 2.75) is 13.5 Å². The molecule has 2 N–H and O–H groups in total. The van der Waals surface area contributed by atoms with Crippen LogP contribution in [0.2, 0.25) is 10.0 Å². The molecular formula is C21H17Cl2N3O5. The Balaban J connectivity index is 1.73. The predicted molar refractivity (Wildman–Crippen MR) is 116 cm³/mol. The van der Waals surface area contributed by atoms with Crippen LogP contribution in [0.3, 0.4) is 0 Å². The number of halogens is 2. The Morgan fingerprint density at radius 2 is 1.90 bits per heavy atom. The van der Waals surface area contributed by atoms with Gasteiger partial charge in [-0.1, -0.05) is 23.2 Å². The van der Waals surface area contributed by atoms with Crippen LogP contribution in [0, 0.1) is 0 Å². The van der Waals surface area contributed by atoms with Crippen LogP contribution in [0.1, 0.15) is 23.0 Å². The van der Waals surface area contributed by atoms with Crippen LogP contribution in [0.25, 0.3) is 10.9 Å². The number of imide groups is 1. The highest BCUT2D eigenvalue weighted by Gasteiger charge is 2.38. The number of esters is 1. The molecular weight excluding hydrogens is 445 g/mol. The summed E-state index contributed by atoms with van der Waals surface area (Å²) in [4.78, 5) is 43.4. The summed E-state index contributed by atoms with van der Waals surface area (Å²) in [6.45, 7) is 1.62. The number of ether oxygens (including phenoxy) is 1. The molecule has 0 bridgehead atoms. The molecule has 3 aromatic rings. The quantitative estimate of drug-likeness (QED) is 0.434. The Bertz CT molecular complexity index is 1210. The first-order valence-electron chi connectivity index (χ1n) is 9.37. The number of urea groups is 1. The average molecular weight is 462 g/mol. The molecule has 3 amide bonds. The summed E-state index contributed by atoms with van der Waals surface area (Å²) < 4.78 is 5.13. The number of fused-ring (bicyclic) bond motifs is 1. The van der Waals surface area contributed by atoms with E-state index in [0.29, 0.717) is 32.2 Å². The maximum Gasteiger partial charge on any atom is 0.355 e. The molecule has 1 aromatic heterocycles. The number of hydrogen-bond donors (Lipinski definition) is 2. The predicted octanol–water partition coefficient (Wildman–Crippen LogP) is 4.33. The summed E-state index contributed by atoms with van der Waals surface area (Å²) in [5.74, 6) is -1.01. The lowest BCUT2D eigenvalue weighted by Gasteiger charge is -2.18. The van der Waals surface area contributed by atoms with Gasteiger partial charge in [-0.05, 0) is 43.3 Å². The number of aromatic amines is 1. The third-order valence-electron chi connectivity index (χ3n) is 4.89. The topological polar surface area (TPSA) is 103 Å². The van der Waals surface area contributed by atoms with E-state index in [9.17, 15) is 19.5 Å². The molecule has 0 spiro atoms. The van der Waals surface area contributed by atoms with Gasteiger partial charge >= 0.3 is 12.0 Å². The van der Waals surface area contributed by atoms with Crippen molar-refractivity contribution in [1.82, 2.24) is 9.88 Å². The summed E-state index contributed by atoms with van der Waals surface area (Å²) in [5.41, 5.74) is 1.43. The second kappa shape index (κ2) is 8.13. The minimum atomic E-state index is -0.603. The highest BCUT2D eigenvalue weighted by Crippen LogP contribution is 2.34. The second-order valence-electron chi connectivity index (χ2n) is 6.89. The molecule has 0 unspecified atom stereocenters. The van der Waals surface area contributed by atoms with Crippen molar-refractivity contribution in [3.05, 3.63) is 57.7 Å². The molecule has 0 saturated carbocycles. The van der Waals surface area contributed by atoms with Crippen molar-refractivity contribution < 1.29 is 24.2 Å². The van der Waals surface area contributed by atoms with Gasteiger partial charge in [-0.2, -0.15) is 0 Å². The molecule has 160 valence electrons. The van der Waals surface area contributed by atoms with Crippen LogP contribution < -0.4 is 4.90 Å². The first kappa shape index (κ1) is 21.0. The number of nitrogens with zero attached hydrogens (tertiary/aromatic N) is 2. The van der Waals surface area contributed by atoms with Crippen molar-refractivity contribution >= 4 is 57.7 Å². The molecule has 1 fully saturated rings. The van der Waals surface area contributed by atoms with Crippen LogP contribution in [0.5, 0.6) is 5.75 Å². The Hall–Kier alpha value is -3.23. The molecule has 2 aromatic carbocycles. The zero-order valence-corrected chi connectivity index (χ0v) is 17.8. The highest BCUT2D eigenvalue weighted by molar-refractivity contribution is 6.39. The van der Waals surface area contributed by atoms with E-state index in [0.717, 1.165) is 4.90 Å². The number of H-pyrrole nitrogens is 1. The number of phenols is 1. The number of amides is 3. The van der Waals surface area contributed by atoms with Crippen LogP contribution in [-0.4, -0.2) is 46.0 Å². The molecule has 2 heterocycles. The number of carbonyl (C=O) groups excluding carboxylic acids is 3. The fourth-order valence-electron chi connectivity index (χ4n) is 3.57. The fraction of sp³-hybridized carbons (Fsp3) is 0.190. The third kappa shape index (κ3) is 3.80. The van der Waals surface area contributed by atoms with Gasteiger partial charge in [0.1, 0.15) is 18.0 Å². The summed E-state index contributed by atoms with van der Waals surface area (Å²) in [7, 11) is 0. The van der Waals surface area contributed by atoms with E-state index in [2.05, 4.69) is 4.98 Å². The average Bonchev–Trinajstić information content (AvgIpc) is 3.20. The number of nitrogens with one attached hydrogen (secondary N) is 1. The van der Waals surface area contributed by atoms with E-state index in [1.807, 2.05) is 0 Å². The molecule has 1 aliphatic heterocycles. The largest absolute Gasteiger partial charge is 0.508 e. The highest BCUT2D eigenvalue weighted by atomic mass is 35.5. The van der Waals surface area contributed by atoms with Crippen LogP contribution in [-0.2, 0) is 16.1 Å². The Morgan fingerprint density at radius 1 is 1.19 bits per heavy atom. The molecule has 1 saturated heterocycles. The monoisotopic (exact) mass is 461 g/mol. The van der Waals surface area contributed by atoms with E-state index in [-0.39, 0.29) is 31.1 Å². The first-order chi connectivity index (χ1) is 14.8. The smallest absolute Gasteiger partial charge is 0.355 e. The number of aromatic hydroxyl groups is 1. The third-order valence-corrected chi connectivity index (χ3v) is 5.41. The van der Waals surface area contributed by atoms with Gasteiger partial charge in [0.2, 0.25) is 0 Å². The second-order valence-corrected chi connectivity index (χ2v) is 7.74. The lowest BCUT2D eigenvalue weighted by atomic mass is 10.1. The van der Waals surface area contributed by atoms with Gasteiger partial charge < -0.3 is 19.7 Å². The number of phenolic OH excluding ortho intramolecular Hbond substituents is 1. The first-order valence-corrected chi connectivity index (χ1v) is 10.1. The number of hydrogen-bond acceptors (Lipinski definition) is 5. The van der Waals surface area contributed by atoms with E-state index in [1.54, 1.807) is 13.0 Å². The van der Waals surface area contributed by atoms with Crippen molar-refractivity contribution in [2.75, 3.05) is 18.1 Å². The standard InChI is InChI=1S/C21H17Cl2N3O5/c1-2-31-20(29)19-14(18-15(23)7-11(22)8-16(18)24-19)9-25-10-17(28)26(21(25)30)12-3-5-13(27)6-4-12/h3-8,24,27H,2,9-10H2,1H3. The van der Waals surface area contributed by atoms with Crippen molar-refractivity contribution in [2.24, 2.45) is 0 Å². The Kier molecular flexibility index (Phi) is 5.51. The molecule has 4 rings (SSSR count). The Morgan fingerprint density at radius 3 is 2.58 bits per heavy atom. The minimum Gasteiger partial charge on any atom is -0.508 e. The fourth-order valence-corrected chi connectivity index (χ4v) is 4.18. The molecule has 1 aliphatic rings. The molecule has 0 atom stereocenters. The number of carbonyl (C=O) groups is 3. The van der Waals surface area contributed by atoms with Gasteiger partial charge in [-0.25, -0.2) is 14.5 Å². The van der Waals surface area contributed by atoms with Crippen molar-refractivity contribution in [1.29, 1.82) is 0 Å². The van der Waals surface area contributed by atoms with Crippen molar-refractivity contribution in [3.63, 3.8) is 0 Å². The van der Waals surface area contributed by atoms with E-state index in [4.69, 9.17) is 27.9 Å². The van der Waals surface area contributed by atoms with Gasteiger partial charge in [-0.3, -0.25) is 4.79 Å². The van der Waals surface area contributed by atoms with E-state index < -0.39 is 17.9 Å². The van der Waals surface area contributed by atoms with Gasteiger partial charge in [0.25, 0.3) is 5.91 Å². The number of anilines is 1. The van der Waals surface area contributed by atoms with Crippen LogP contribution >= 0.6 is 23.2 Å². The molecule has 10 heteroatoms. The summed E-state index contributed by atoms with van der Waals surface area (Å²) >= 11 is 12.5. The van der Waals surface area contributed by atoms with Crippen LogP contribution in [0.4, 0.5) is 10.5 Å². The molecule has 8 nitrogen and oxygen atoms in total. The number of rotatable bonds is 5. The van der Waals surface area contributed by atoms with Gasteiger partial charge in [-0.15, -0.1) is 0 Å². The minimum absolute atomic E-state index is 0.0193. The van der Waals surface area contributed by atoms with E-state index in [1.165, 1.54) is 35.2 Å². The lowest BCUT2D eigenvalue weighted by Crippen LogP contribution is -2.33. The van der Waals surface area contributed by atoms with Gasteiger partial charge in [0, 0.05) is 21.5 Å². The van der Waals surface area contributed by atoms with Crippen LogP contribution in [0.15, 0.2) is 36.4 Å². The summed E-state index contributed by atoms with van der Waals surface area (Å²) in [5, 5.41) is 10.7. The van der Waals surface area contributed by atoms with E-state index >= 15 is 0 Å². The maximum absolute atomic E-state index is 13.0. The SMILES string of the molecule is CCOC(=O)c1[nH]c2cc(Cl)cc(Cl)c2c1CN1CC(=O)N(c2ccc(O)cc2)C1=O. The zero-order valence-electron chi connectivity index (χ0n) is 16.3.